The Kier molecular flexibility index (Phi) is 4.99. The SMILES string of the molecule is Cc1ccccc1C(=O)N[C@@H](CC(C)C)C(=O)NC1CC1. The van der Waals surface area contributed by atoms with Gasteiger partial charge in [0, 0.05) is 11.6 Å². The molecule has 4 nitrogen and oxygen atoms in total. The summed E-state index contributed by atoms with van der Waals surface area (Å²) in [6.45, 7) is 6.01. The molecule has 1 aliphatic carbocycles. The van der Waals surface area contributed by atoms with E-state index in [1.165, 1.54) is 0 Å². The van der Waals surface area contributed by atoms with Crippen LogP contribution in [0.25, 0.3) is 0 Å². The first kappa shape index (κ1) is 15.5. The zero-order valence-corrected chi connectivity index (χ0v) is 13.0. The van der Waals surface area contributed by atoms with Crippen molar-refractivity contribution in [2.75, 3.05) is 0 Å². The molecule has 1 aliphatic rings. The summed E-state index contributed by atoms with van der Waals surface area (Å²) in [6.07, 6.45) is 2.74. The van der Waals surface area contributed by atoms with E-state index < -0.39 is 6.04 Å². The lowest BCUT2D eigenvalue weighted by Crippen LogP contribution is -2.48. The van der Waals surface area contributed by atoms with E-state index in [2.05, 4.69) is 24.5 Å². The topological polar surface area (TPSA) is 58.2 Å². The molecular weight excluding hydrogens is 264 g/mol. The molecule has 2 rings (SSSR count). The van der Waals surface area contributed by atoms with E-state index in [1.54, 1.807) is 6.07 Å². The number of nitrogens with one attached hydrogen (secondary N) is 2. The second-order valence-electron chi connectivity index (χ2n) is 6.25. The highest BCUT2D eigenvalue weighted by molar-refractivity contribution is 5.98. The number of benzene rings is 1. The molecule has 0 saturated heterocycles. The first-order valence-corrected chi connectivity index (χ1v) is 7.64. The molecule has 1 aromatic carbocycles. The Balaban J connectivity index is 2.04. The molecule has 1 saturated carbocycles. The van der Waals surface area contributed by atoms with Gasteiger partial charge in [-0.3, -0.25) is 9.59 Å². The lowest BCUT2D eigenvalue weighted by atomic mass is 10.0. The van der Waals surface area contributed by atoms with Crippen molar-refractivity contribution in [1.82, 2.24) is 10.6 Å². The summed E-state index contributed by atoms with van der Waals surface area (Å²) in [5, 5.41) is 5.86. The summed E-state index contributed by atoms with van der Waals surface area (Å²) in [6, 6.07) is 7.27. The van der Waals surface area contributed by atoms with Crippen LogP contribution in [-0.4, -0.2) is 23.9 Å². The van der Waals surface area contributed by atoms with Gasteiger partial charge in [-0.15, -0.1) is 0 Å². The smallest absolute Gasteiger partial charge is 0.252 e. The average Bonchev–Trinajstić information content (AvgIpc) is 3.21. The molecule has 0 heterocycles. The Bertz CT molecular complexity index is 521. The Labute approximate surface area is 126 Å². The van der Waals surface area contributed by atoms with Gasteiger partial charge in [-0.25, -0.2) is 0 Å². The molecule has 0 bridgehead atoms. The third-order valence-electron chi connectivity index (χ3n) is 3.64. The van der Waals surface area contributed by atoms with Crippen molar-refractivity contribution in [2.45, 2.75) is 52.1 Å². The van der Waals surface area contributed by atoms with Crippen LogP contribution in [0.15, 0.2) is 24.3 Å². The van der Waals surface area contributed by atoms with E-state index in [-0.39, 0.29) is 11.8 Å². The molecule has 0 aliphatic heterocycles. The van der Waals surface area contributed by atoms with Crippen LogP contribution in [0.1, 0.15) is 49.0 Å². The number of amides is 2. The quantitative estimate of drug-likeness (QED) is 0.844. The van der Waals surface area contributed by atoms with Gasteiger partial charge in [0.05, 0.1) is 0 Å². The summed E-state index contributed by atoms with van der Waals surface area (Å²) in [4.78, 5) is 24.6. The summed E-state index contributed by atoms with van der Waals surface area (Å²) in [7, 11) is 0. The second kappa shape index (κ2) is 6.74. The van der Waals surface area contributed by atoms with Crippen molar-refractivity contribution in [1.29, 1.82) is 0 Å². The van der Waals surface area contributed by atoms with Crippen molar-refractivity contribution < 1.29 is 9.59 Å². The van der Waals surface area contributed by atoms with Crippen LogP contribution < -0.4 is 10.6 Å². The Morgan fingerprint density at radius 2 is 1.90 bits per heavy atom. The van der Waals surface area contributed by atoms with E-state index >= 15 is 0 Å². The maximum Gasteiger partial charge on any atom is 0.252 e. The standard InChI is InChI=1S/C17H24N2O2/c1-11(2)10-15(17(21)18-13-8-9-13)19-16(20)14-7-5-4-6-12(14)3/h4-7,11,13,15H,8-10H2,1-3H3,(H,18,21)(H,19,20)/t15-/m0/s1. The third-order valence-corrected chi connectivity index (χ3v) is 3.64. The van der Waals surface area contributed by atoms with Gasteiger partial charge in [-0.2, -0.15) is 0 Å². The van der Waals surface area contributed by atoms with Crippen molar-refractivity contribution >= 4 is 11.8 Å². The number of carbonyl (C=O) groups excluding carboxylic acids is 2. The molecular formula is C17H24N2O2. The maximum absolute atomic E-state index is 12.4. The van der Waals surface area contributed by atoms with E-state index in [0.29, 0.717) is 23.9 Å². The highest BCUT2D eigenvalue weighted by Gasteiger charge is 2.29. The van der Waals surface area contributed by atoms with Crippen LogP contribution in [0.5, 0.6) is 0 Å². The summed E-state index contributed by atoms with van der Waals surface area (Å²) >= 11 is 0. The predicted octanol–water partition coefficient (Wildman–Crippen LogP) is 2.42. The molecule has 0 spiro atoms. The molecule has 0 unspecified atom stereocenters. The summed E-state index contributed by atoms with van der Waals surface area (Å²) < 4.78 is 0. The van der Waals surface area contributed by atoms with Crippen molar-refractivity contribution in [3.05, 3.63) is 35.4 Å². The van der Waals surface area contributed by atoms with Gasteiger partial charge < -0.3 is 10.6 Å². The minimum atomic E-state index is -0.460. The van der Waals surface area contributed by atoms with Gasteiger partial charge in [0.15, 0.2) is 0 Å². The van der Waals surface area contributed by atoms with E-state index in [4.69, 9.17) is 0 Å². The molecule has 1 aromatic rings. The van der Waals surface area contributed by atoms with Gasteiger partial charge in [0.25, 0.3) is 5.91 Å². The molecule has 0 radical (unpaired) electrons. The van der Waals surface area contributed by atoms with E-state index in [1.807, 2.05) is 25.1 Å². The van der Waals surface area contributed by atoms with Crippen LogP contribution in [0.2, 0.25) is 0 Å². The molecule has 0 aromatic heterocycles. The van der Waals surface area contributed by atoms with Crippen LogP contribution in [0.4, 0.5) is 0 Å². The van der Waals surface area contributed by atoms with Gasteiger partial charge in [-0.1, -0.05) is 32.0 Å². The molecule has 2 N–H and O–H groups in total. The minimum Gasteiger partial charge on any atom is -0.352 e. The van der Waals surface area contributed by atoms with Gasteiger partial charge in [-0.05, 0) is 43.7 Å². The number of hydrogen-bond donors (Lipinski definition) is 2. The van der Waals surface area contributed by atoms with E-state index in [0.717, 1.165) is 18.4 Å². The van der Waals surface area contributed by atoms with Crippen molar-refractivity contribution in [3.63, 3.8) is 0 Å². The first-order valence-electron chi connectivity index (χ1n) is 7.64. The molecule has 21 heavy (non-hydrogen) atoms. The van der Waals surface area contributed by atoms with Crippen LogP contribution in [0, 0.1) is 12.8 Å². The zero-order chi connectivity index (χ0) is 15.4. The second-order valence-corrected chi connectivity index (χ2v) is 6.25. The summed E-state index contributed by atoms with van der Waals surface area (Å²) in [5.41, 5.74) is 1.55. The predicted molar refractivity (Wildman–Crippen MR) is 83.1 cm³/mol. The zero-order valence-electron chi connectivity index (χ0n) is 13.0. The van der Waals surface area contributed by atoms with Gasteiger partial charge >= 0.3 is 0 Å². The fourth-order valence-corrected chi connectivity index (χ4v) is 2.30. The highest BCUT2D eigenvalue weighted by atomic mass is 16.2. The van der Waals surface area contributed by atoms with Crippen molar-refractivity contribution in [2.24, 2.45) is 5.92 Å². The molecule has 2 amide bonds. The van der Waals surface area contributed by atoms with E-state index in [9.17, 15) is 9.59 Å². The Morgan fingerprint density at radius 1 is 1.24 bits per heavy atom. The third kappa shape index (κ3) is 4.59. The maximum atomic E-state index is 12.4. The van der Waals surface area contributed by atoms with Crippen LogP contribution in [-0.2, 0) is 4.79 Å². The average molecular weight is 288 g/mol. The first-order chi connectivity index (χ1) is 9.97. The number of carbonyl (C=O) groups is 2. The van der Waals surface area contributed by atoms with Crippen LogP contribution in [0.3, 0.4) is 0 Å². The number of hydrogen-bond acceptors (Lipinski definition) is 2. The minimum absolute atomic E-state index is 0.0619. The molecule has 1 fully saturated rings. The highest BCUT2D eigenvalue weighted by Crippen LogP contribution is 2.19. The van der Waals surface area contributed by atoms with Crippen molar-refractivity contribution in [3.8, 4) is 0 Å². The molecule has 114 valence electrons. The lowest BCUT2D eigenvalue weighted by Gasteiger charge is -2.20. The number of aryl methyl sites for hydroxylation is 1. The normalized spacial score (nSPS) is 15.6. The fraction of sp³-hybridized carbons (Fsp3) is 0.529. The van der Waals surface area contributed by atoms with Gasteiger partial charge in [0.2, 0.25) is 5.91 Å². The largest absolute Gasteiger partial charge is 0.352 e. The number of rotatable bonds is 6. The Hall–Kier alpha value is -1.84. The summed E-state index contributed by atoms with van der Waals surface area (Å²) in [5.74, 6) is 0.106. The molecule has 4 heteroatoms. The lowest BCUT2D eigenvalue weighted by molar-refractivity contribution is -0.123. The van der Waals surface area contributed by atoms with Gasteiger partial charge in [0.1, 0.15) is 6.04 Å². The fourth-order valence-electron chi connectivity index (χ4n) is 2.30. The monoisotopic (exact) mass is 288 g/mol. The van der Waals surface area contributed by atoms with Crippen LogP contribution >= 0.6 is 0 Å². The molecule has 1 atom stereocenters. The Morgan fingerprint density at radius 3 is 2.48 bits per heavy atom.